The van der Waals surface area contributed by atoms with E-state index in [0.717, 1.165) is 6.07 Å². The van der Waals surface area contributed by atoms with Gasteiger partial charge in [-0.25, -0.2) is 18.2 Å². The van der Waals surface area contributed by atoms with E-state index in [-0.39, 0.29) is 41.3 Å². The molecule has 0 bridgehead atoms. The number of nitrogens with one attached hydrogen (secondary N) is 3. The number of fused-ring (bicyclic) bond motifs is 1. The number of anilines is 3. The first-order valence-corrected chi connectivity index (χ1v) is 10.2. The number of aromatic nitrogens is 1. The van der Waals surface area contributed by atoms with Crippen molar-refractivity contribution in [1.82, 2.24) is 4.98 Å². The summed E-state index contributed by atoms with van der Waals surface area (Å²) in [4.78, 5) is 16.8. The summed E-state index contributed by atoms with van der Waals surface area (Å²) in [5, 5.41) is 17.4. The Kier molecular flexibility index (Phi) is 6.64. The zero-order valence-corrected chi connectivity index (χ0v) is 17.3. The van der Waals surface area contributed by atoms with Crippen molar-refractivity contribution in [2.75, 3.05) is 29.2 Å². The Labute approximate surface area is 187 Å². The molecular formula is C23H21F3N4O3. The zero-order chi connectivity index (χ0) is 23.4. The number of hydrogen-bond donors (Lipinski definition) is 4. The van der Waals surface area contributed by atoms with E-state index in [1.165, 1.54) is 24.4 Å². The van der Waals surface area contributed by atoms with Crippen LogP contribution in [0.15, 0.2) is 54.7 Å². The van der Waals surface area contributed by atoms with Crippen LogP contribution in [-0.4, -0.2) is 29.2 Å². The first-order valence-electron chi connectivity index (χ1n) is 10.2. The van der Waals surface area contributed by atoms with Gasteiger partial charge in [0.25, 0.3) is 12.3 Å². The van der Waals surface area contributed by atoms with Crippen molar-refractivity contribution < 1.29 is 27.8 Å². The van der Waals surface area contributed by atoms with Crippen molar-refractivity contribution in [2.24, 2.45) is 0 Å². The monoisotopic (exact) mass is 458 g/mol. The van der Waals surface area contributed by atoms with Crippen LogP contribution in [0.4, 0.5) is 30.4 Å². The molecule has 0 spiro atoms. The van der Waals surface area contributed by atoms with Crippen molar-refractivity contribution >= 4 is 23.1 Å². The maximum absolute atomic E-state index is 14.2. The lowest BCUT2D eigenvalue weighted by Crippen LogP contribution is -2.17. The highest BCUT2D eigenvalue weighted by atomic mass is 19.3. The highest BCUT2D eigenvalue weighted by Gasteiger charge is 2.30. The molecule has 172 valence electrons. The van der Waals surface area contributed by atoms with Gasteiger partial charge in [0.15, 0.2) is 0 Å². The summed E-state index contributed by atoms with van der Waals surface area (Å²) in [6.45, 7) is 0.124. The minimum Gasteiger partial charge on any atom is -0.493 e. The molecule has 4 N–H and O–H groups in total. The normalized spacial score (nSPS) is 14.4. The molecule has 0 fully saturated rings. The third-order valence-corrected chi connectivity index (χ3v) is 5.02. The Balaban J connectivity index is 1.60. The molecule has 0 radical (unpaired) electrons. The molecule has 1 aliphatic heterocycles. The molecule has 10 heteroatoms. The van der Waals surface area contributed by atoms with Crippen LogP contribution in [0, 0.1) is 5.82 Å². The number of aliphatic hydroxyl groups excluding tert-OH is 1. The summed E-state index contributed by atoms with van der Waals surface area (Å²) in [7, 11) is 0. The number of alkyl halides is 2. The minimum absolute atomic E-state index is 0.00760. The molecule has 0 saturated carbocycles. The lowest BCUT2D eigenvalue weighted by molar-refractivity contribution is 0.102. The number of amides is 1. The summed E-state index contributed by atoms with van der Waals surface area (Å²) in [6, 6.07) is 11.5. The number of aliphatic hydroxyl groups is 1. The number of rotatable bonds is 8. The van der Waals surface area contributed by atoms with Gasteiger partial charge in [0.2, 0.25) is 0 Å². The van der Waals surface area contributed by atoms with Crippen LogP contribution in [0.2, 0.25) is 0 Å². The topological polar surface area (TPSA) is 95.5 Å². The number of carbonyl (C=O) groups excluding carboxylic acids is 1. The molecule has 33 heavy (non-hydrogen) atoms. The second-order valence-electron chi connectivity index (χ2n) is 7.28. The fourth-order valence-electron chi connectivity index (χ4n) is 3.52. The Bertz CT molecular complexity index is 1150. The molecule has 0 saturated heterocycles. The van der Waals surface area contributed by atoms with E-state index in [1.54, 1.807) is 24.3 Å². The minimum atomic E-state index is -2.79. The number of halogens is 3. The van der Waals surface area contributed by atoms with Crippen LogP contribution in [0.25, 0.3) is 0 Å². The SMILES string of the molecule is O=C(Nc1ccccn1)c1cc(F)cc2c1NC(c1ccc(OCCCO)cc1C(F)F)N2. The van der Waals surface area contributed by atoms with Gasteiger partial charge in [-0.05, 0) is 36.4 Å². The molecule has 1 aliphatic rings. The van der Waals surface area contributed by atoms with Crippen LogP contribution >= 0.6 is 0 Å². The number of ether oxygens (including phenoxy) is 1. The van der Waals surface area contributed by atoms with Crippen molar-refractivity contribution in [1.29, 1.82) is 0 Å². The van der Waals surface area contributed by atoms with Gasteiger partial charge in [-0.1, -0.05) is 12.1 Å². The van der Waals surface area contributed by atoms with E-state index in [0.29, 0.717) is 17.9 Å². The van der Waals surface area contributed by atoms with Gasteiger partial charge in [-0.3, -0.25) is 4.79 Å². The molecule has 7 nitrogen and oxygen atoms in total. The number of hydrogen-bond acceptors (Lipinski definition) is 6. The van der Waals surface area contributed by atoms with E-state index in [4.69, 9.17) is 9.84 Å². The van der Waals surface area contributed by atoms with Gasteiger partial charge in [-0.15, -0.1) is 0 Å². The predicted octanol–water partition coefficient (Wildman–Crippen LogP) is 4.71. The Morgan fingerprint density at radius 2 is 2.03 bits per heavy atom. The van der Waals surface area contributed by atoms with E-state index >= 15 is 0 Å². The second-order valence-corrected chi connectivity index (χ2v) is 7.28. The summed E-state index contributed by atoms with van der Waals surface area (Å²) in [6.07, 6.45) is -1.73. The molecule has 0 aliphatic carbocycles. The van der Waals surface area contributed by atoms with Gasteiger partial charge in [0.05, 0.1) is 23.5 Å². The molecule has 1 atom stereocenters. The molecular weight excluding hydrogens is 437 g/mol. The number of benzene rings is 2. The van der Waals surface area contributed by atoms with E-state index < -0.39 is 24.3 Å². The van der Waals surface area contributed by atoms with Crippen molar-refractivity contribution in [3.8, 4) is 5.75 Å². The molecule has 2 heterocycles. The number of nitrogens with zero attached hydrogens (tertiary/aromatic N) is 1. The van der Waals surface area contributed by atoms with E-state index in [1.807, 2.05) is 0 Å². The highest BCUT2D eigenvalue weighted by molar-refractivity contribution is 6.10. The second kappa shape index (κ2) is 9.78. The van der Waals surface area contributed by atoms with Gasteiger partial charge in [-0.2, -0.15) is 0 Å². The smallest absolute Gasteiger partial charge is 0.264 e. The van der Waals surface area contributed by atoms with Crippen LogP contribution in [-0.2, 0) is 0 Å². The Hall–Kier alpha value is -3.79. The molecule has 1 amide bonds. The standard InChI is InChI=1S/C23H21F3N4O3/c24-13-10-17(23(32)29-19-4-1-2-7-27-19)20-18(11-13)28-22(30-20)15-6-5-14(33-9-3-8-31)12-16(15)21(25)26/h1-2,4-7,10-12,21-22,28,30-31H,3,8-9H2,(H,27,29,32). The molecule has 1 unspecified atom stereocenters. The summed E-state index contributed by atoms with van der Waals surface area (Å²) < 4.78 is 47.3. The maximum Gasteiger partial charge on any atom is 0.264 e. The molecule has 2 aromatic carbocycles. The summed E-state index contributed by atoms with van der Waals surface area (Å²) in [5.74, 6) is -0.711. The van der Waals surface area contributed by atoms with Gasteiger partial charge >= 0.3 is 0 Å². The van der Waals surface area contributed by atoms with Crippen molar-refractivity contribution in [3.05, 3.63) is 77.2 Å². The molecule has 1 aromatic heterocycles. The third kappa shape index (κ3) is 5.01. The lowest BCUT2D eigenvalue weighted by atomic mass is 10.0. The average molecular weight is 458 g/mol. The van der Waals surface area contributed by atoms with Crippen LogP contribution in [0.3, 0.4) is 0 Å². The van der Waals surface area contributed by atoms with Gasteiger partial charge < -0.3 is 25.8 Å². The summed E-state index contributed by atoms with van der Waals surface area (Å²) in [5.41, 5.74) is 0.530. The maximum atomic E-state index is 14.2. The van der Waals surface area contributed by atoms with Gasteiger partial charge in [0.1, 0.15) is 23.6 Å². The average Bonchev–Trinajstić information content (AvgIpc) is 3.23. The van der Waals surface area contributed by atoms with Gasteiger partial charge in [0, 0.05) is 30.4 Å². The number of pyridine rings is 1. The first kappa shape index (κ1) is 22.4. The highest BCUT2D eigenvalue weighted by Crippen LogP contribution is 2.41. The number of carbonyl (C=O) groups is 1. The largest absolute Gasteiger partial charge is 0.493 e. The third-order valence-electron chi connectivity index (χ3n) is 5.02. The van der Waals surface area contributed by atoms with E-state index in [2.05, 4.69) is 20.9 Å². The fourth-order valence-corrected chi connectivity index (χ4v) is 3.52. The lowest BCUT2D eigenvalue weighted by Gasteiger charge is -2.18. The molecule has 4 rings (SSSR count). The van der Waals surface area contributed by atoms with Crippen LogP contribution in [0.5, 0.6) is 5.75 Å². The Morgan fingerprint density at radius 3 is 2.76 bits per heavy atom. The summed E-state index contributed by atoms with van der Waals surface area (Å²) >= 11 is 0. The van der Waals surface area contributed by atoms with Crippen molar-refractivity contribution in [2.45, 2.75) is 19.0 Å². The zero-order valence-electron chi connectivity index (χ0n) is 17.3. The first-order chi connectivity index (χ1) is 16.0. The fraction of sp³-hybridized carbons (Fsp3) is 0.217. The van der Waals surface area contributed by atoms with Crippen LogP contribution < -0.4 is 20.7 Å². The molecule has 3 aromatic rings. The van der Waals surface area contributed by atoms with E-state index in [9.17, 15) is 18.0 Å². The van der Waals surface area contributed by atoms with Crippen LogP contribution in [0.1, 0.15) is 40.5 Å². The Morgan fingerprint density at radius 1 is 1.18 bits per heavy atom. The predicted molar refractivity (Wildman–Crippen MR) is 117 cm³/mol. The van der Waals surface area contributed by atoms with Crippen molar-refractivity contribution in [3.63, 3.8) is 0 Å². The quantitative estimate of drug-likeness (QED) is 0.365.